The summed E-state index contributed by atoms with van der Waals surface area (Å²) in [6.07, 6.45) is 0.980. The van der Waals surface area contributed by atoms with E-state index in [0.717, 1.165) is 18.7 Å². The van der Waals surface area contributed by atoms with Crippen molar-refractivity contribution in [2.45, 2.75) is 12.5 Å². The molecule has 3 heteroatoms. The van der Waals surface area contributed by atoms with Gasteiger partial charge in [0.25, 0.3) is 0 Å². The summed E-state index contributed by atoms with van der Waals surface area (Å²) in [7, 11) is 0. The summed E-state index contributed by atoms with van der Waals surface area (Å²) in [5.41, 5.74) is 1.11. The number of hydroxylamine groups is 2. The van der Waals surface area contributed by atoms with Crippen molar-refractivity contribution in [3.05, 3.63) is 35.5 Å². The zero-order chi connectivity index (χ0) is 9.10. The van der Waals surface area contributed by atoms with E-state index in [1.54, 1.807) is 0 Å². The van der Waals surface area contributed by atoms with Gasteiger partial charge in [-0.25, -0.2) is 0 Å². The third kappa shape index (κ3) is 2.20. The van der Waals surface area contributed by atoms with Crippen LogP contribution in [0.2, 0.25) is 0 Å². The van der Waals surface area contributed by atoms with Gasteiger partial charge >= 0.3 is 0 Å². The minimum atomic E-state index is 0.356. The van der Waals surface area contributed by atoms with Crippen molar-refractivity contribution >= 4 is 5.69 Å². The summed E-state index contributed by atoms with van der Waals surface area (Å²) in [5, 5.41) is 14.7. The Morgan fingerprint density at radius 2 is 2.08 bits per heavy atom. The Hall–Kier alpha value is -1.06. The molecule has 1 heterocycles. The predicted molar refractivity (Wildman–Crippen MR) is 52.5 cm³/mol. The Kier molecular flexibility index (Phi) is 2.47. The molecule has 0 spiro atoms. The van der Waals surface area contributed by atoms with Gasteiger partial charge in [0.15, 0.2) is 0 Å². The second kappa shape index (κ2) is 3.77. The average Bonchev–Trinajstić information content (AvgIpc) is 2.53. The molecule has 1 fully saturated rings. The van der Waals surface area contributed by atoms with E-state index < -0.39 is 0 Å². The molecule has 0 radical (unpaired) electrons. The van der Waals surface area contributed by atoms with E-state index in [-0.39, 0.29) is 0 Å². The number of anilines is 1. The van der Waals surface area contributed by atoms with E-state index >= 15 is 0 Å². The maximum Gasteiger partial charge on any atom is 0.0975 e. The second-order valence-electron chi connectivity index (χ2n) is 3.49. The molecule has 1 aliphatic rings. The van der Waals surface area contributed by atoms with Gasteiger partial charge in [0, 0.05) is 12.1 Å². The molecule has 0 aromatic heterocycles. The van der Waals surface area contributed by atoms with Gasteiger partial charge < -0.3 is 15.6 Å². The van der Waals surface area contributed by atoms with Crippen molar-refractivity contribution in [1.29, 1.82) is 0 Å². The van der Waals surface area contributed by atoms with Gasteiger partial charge in [-0.2, -0.15) is 0 Å². The first kappa shape index (κ1) is 8.53. The molecule has 70 valence electrons. The second-order valence-corrected chi connectivity index (χ2v) is 3.49. The maximum absolute atomic E-state index is 11.0. The van der Waals surface area contributed by atoms with Crippen molar-refractivity contribution in [2.24, 2.45) is 0 Å². The van der Waals surface area contributed by atoms with E-state index in [0.29, 0.717) is 17.6 Å². The molecule has 2 rings (SSSR count). The van der Waals surface area contributed by atoms with Crippen LogP contribution in [0, 0.1) is 5.21 Å². The molecule has 0 amide bonds. The molecule has 3 nitrogen and oxygen atoms in total. The number of para-hydroxylation sites is 1. The first-order valence-electron chi connectivity index (χ1n) is 4.68. The van der Waals surface area contributed by atoms with Gasteiger partial charge in [-0.1, -0.05) is 18.2 Å². The first-order chi connectivity index (χ1) is 6.34. The number of nitrogens with one attached hydrogen (secondary N) is 2. The summed E-state index contributed by atoms with van der Waals surface area (Å²) in [6, 6.07) is 10.4. The Balaban J connectivity index is 1.92. The molecule has 13 heavy (non-hydrogen) atoms. The molecule has 1 saturated heterocycles. The molecule has 0 aliphatic carbocycles. The van der Waals surface area contributed by atoms with Crippen molar-refractivity contribution in [1.82, 2.24) is 0 Å². The average molecular weight is 178 g/mol. The van der Waals surface area contributed by atoms with Crippen LogP contribution in [0.1, 0.15) is 6.42 Å². The molecule has 2 N–H and O–H groups in total. The molecule has 1 aliphatic heterocycles. The van der Waals surface area contributed by atoms with Crippen LogP contribution in [0.15, 0.2) is 30.3 Å². The minimum absolute atomic E-state index is 0.356. The zero-order valence-electron chi connectivity index (χ0n) is 7.49. The topological polar surface area (TPSA) is 39.5 Å². The highest BCUT2D eigenvalue weighted by Crippen LogP contribution is 2.08. The number of benzene rings is 1. The standard InChI is InChI=1S/C10H14N2O/c13-12-7-6-10(8-12)11-9-4-2-1-3-5-9/h1-5,10-12H,6-8H2. The fraction of sp³-hybridized carbons (Fsp3) is 0.400. The van der Waals surface area contributed by atoms with Crippen LogP contribution < -0.4 is 10.4 Å². The van der Waals surface area contributed by atoms with Gasteiger partial charge in [0.2, 0.25) is 0 Å². The van der Waals surface area contributed by atoms with Crippen LogP contribution in [0.25, 0.3) is 0 Å². The van der Waals surface area contributed by atoms with E-state index in [9.17, 15) is 5.21 Å². The summed E-state index contributed by atoms with van der Waals surface area (Å²) in [6.45, 7) is 1.43. The van der Waals surface area contributed by atoms with Gasteiger partial charge in [0.05, 0.1) is 19.1 Å². The summed E-state index contributed by atoms with van der Waals surface area (Å²) >= 11 is 0. The number of rotatable bonds is 2. The zero-order valence-corrected chi connectivity index (χ0v) is 7.49. The van der Waals surface area contributed by atoms with Crippen molar-refractivity contribution in [2.75, 3.05) is 18.4 Å². The third-order valence-corrected chi connectivity index (χ3v) is 2.39. The summed E-state index contributed by atoms with van der Waals surface area (Å²) in [5.74, 6) is 0. The van der Waals surface area contributed by atoms with Crippen LogP contribution in [0.5, 0.6) is 0 Å². The maximum atomic E-state index is 11.0. The molecule has 2 atom stereocenters. The lowest BCUT2D eigenvalue weighted by Crippen LogP contribution is -3.05. The van der Waals surface area contributed by atoms with Crippen LogP contribution >= 0.6 is 0 Å². The van der Waals surface area contributed by atoms with Gasteiger partial charge in [-0.05, 0) is 12.1 Å². The van der Waals surface area contributed by atoms with Crippen molar-refractivity contribution < 1.29 is 5.06 Å². The predicted octanol–water partition coefficient (Wildman–Crippen LogP) is 0.253. The van der Waals surface area contributed by atoms with Crippen LogP contribution in [-0.4, -0.2) is 19.1 Å². The smallest absolute Gasteiger partial charge is 0.0975 e. The highest BCUT2D eigenvalue weighted by molar-refractivity contribution is 5.43. The van der Waals surface area contributed by atoms with E-state index in [2.05, 4.69) is 5.32 Å². The SMILES string of the molecule is [O-][NH+]1CCC(Nc2ccccc2)C1. The normalized spacial score (nSPS) is 27.5. The fourth-order valence-electron chi connectivity index (χ4n) is 1.71. The quantitative estimate of drug-likeness (QED) is 0.637. The molecular weight excluding hydrogens is 164 g/mol. The van der Waals surface area contributed by atoms with E-state index in [4.69, 9.17) is 0 Å². The molecule has 2 unspecified atom stereocenters. The Labute approximate surface area is 77.9 Å². The lowest BCUT2D eigenvalue weighted by molar-refractivity contribution is -0.834. The number of quaternary nitrogens is 1. The van der Waals surface area contributed by atoms with E-state index in [1.807, 2.05) is 30.3 Å². The molecular formula is C10H14N2O. The molecule has 0 bridgehead atoms. The molecule has 1 aromatic carbocycles. The Morgan fingerprint density at radius 3 is 2.69 bits per heavy atom. The third-order valence-electron chi connectivity index (χ3n) is 2.39. The highest BCUT2D eigenvalue weighted by atomic mass is 16.5. The largest absolute Gasteiger partial charge is 0.634 e. The molecule has 1 aromatic rings. The number of hydrogen-bond donors (Lipinski definition) is 2. The lowest BCUT2D eigenvalue weighted by Gasteiger charge is -2.16. The van der Waals surface area contributed by atoms with Crippen LogP contribution in [-0.2, 0) is 0 Å². The Bertz CT molecular complexity index is 263. The van der Waals surface area contributed by atoms with Crippen molar-refractivity contribution in [3.63, 3.8) is 0 Å². The van der Waals surface area contributed by atoms with Gasteiger partial charge in [0.1, 0.15) is 0 Å². The number of hydrogen-bond acceptors (Lipinski definition) is 2. The van der Waals surface area contributed by atoms with Crippen LogP contribution in [0.4, 0.5) is 5.69 Å². The highest BCUT2D eigenvalue weighted by Gasteiger charge is 2.20. The minimum Gasteiger partial charge on any atom is -0.634 e. The monoisotopic (exact) mass is 178 g/mol. The summed E-state index contributed by atoms with van der Waals surface area (Å²) in [4.78, 5) is 0. The molecule has 0 saturated carbocycles. The van der Waals surface area contributed by atoms with Crippen LogP contribution in [0.3, 0.4) is 0 Å². The Morgan fingerprint density at radius 1 is 1.31 bits per heavy atom. The first-order valence-corrected chi connectivity index (χ1v) is 4.68. The summed E-state index contributed by atoms with van der Waals surface area (Å²) < 4.78 is 0. The fourth-order valence-corrected chi connectivity index (χ4v) is 1.71. The van der Waals surface area contributed by atoms with Gasteiger partial charge in [-0.3, -0.25) is 0 Å². The van der Waals surface area contributed by atoms with E-state index in [1.165, 1.54) is 0 Å². The van der Waals surface area contributed by atoms with Gasteiger partial charge in [-0.15, -0.1) is 0 Å². The van der Waals surface area contributed by atoms with Crippen molar-refractivity contribution in [3.8, 4) is 0 Å². The lowest BCUT2D eigenvalue weighted by atomic mass is 10.2.